The Kier molecular flexibility index (Phi) is 11.9. The Bertz CT molecular complexity index is 1870. The van der Waals surface area contributed by atoms with Gasteiger partial charge in [0.05, 0.1) is 31.2 Å². The molecule has 2 saturated heterocycles. The van der Waals surface area contributed by atoms with Crippen LogP contribution in [0.25, 0.3) is 21.5 Å². The molecule has 0 aromatic heterocycles. The highest BCUT2D eigenvalue weighted by molar-refractivity contribution is 5.85. The minimum atomic E-state index is -0.681. The molecular formula is C45H56N2O6. The fraction of sp³-hybridized carbons (Fsp3) is 0.511. The van der Waals surface area contributed by atoms with Gasteiger partial charge in [-0.3, -0.25) is 19.4 Å². The Morgan fingerprint density at radius 2 is 0.981 bits per heavy atom. The maximum atomic E-state index is 11.5. The summed E-state index contributed by atoms with van der Waals surface area (Å²) in [5.41, 5.74) is 2.51. The van der Waals surface area contributed by atoms with Crippen LogP contribution in [0, 0.1) is 23.7 Å². The molecule has 53 heavy (non-hydrogen) atoms. The van der Waals surface area contributed by atoms with Crippen molar-refractivity contribution in [2.75, 3.05) is 33.3 Å². The van der Waals surface area contributed by atoms with Gasteiger partial charge in [-0.05, 0) is 132 Å². The molecule has 8 heteroatoms. The van der Waals surface area contributed by atoms with Crippen molar-refractivity contribution in [2.45, 2.75) is 90.5 Å². The van der Waals surface area contributed by atoms with Crippen LogP contribution in [0.15, 0.2) is 72.8 Å². The second-order valence-electron chi connectivity index (χ2n) is 16.3. The normalized spacial score (nSPS) is 24.1. The highest BCUT2D eigenvalue weighted by Crippen LogP contribution is 2.31. The molecule has 0 spiro atoms. The van der Waals surface area contributed by atoms with Crippen molar-refractivity contribution in [3.05, 3.63) is 83.9 Å². The van der Waals surface area contributed by atoms with Crippen LogP contribution in [-0.4, -0.2) is 72.3 Å². The number of carboxylic acids is 1. The maximum absolute atomic E-state index is 11.5. The van der Waals surface area contributed by atoms with Crippen molar-refractivity contribution in [1.82, 2.24) is 9.80 Å². The molecule has 2 aliphatic heterocycles. The number of hydrogen-bond acceptors (Lipinski definition) is 7. The molecule has 4 aromatic rings. The minimum absolute atomic E-state index is 0.0398. The van der Waals surface area contributed by atoms with Crippen molar-refractivity contribution in [3.8, 4) is 11.5 Å². The van der Waals surface area contributed by atoms with E-state index < -0.39 is 5.97 Å². The lowest BCUT2D eigenvalue weighted by Gasteiger charge is -2.37. The SMILES string of the molecule is CC1CCC(Oc2ccc3cc(CN4CC(C(=O)O)C4)ccc3c2)CC1.COC(=O)C1CN(Cc2ccc3cc(OC4CCC(C)CC4)ccc3c2)C1. The molecule has 0 amide bonds. The summed E-state index contributed by atoms with van der Waals surface area (Å²) in [6, 6.07) is 25.9. The molecule has 282 valence electrons. The average Bonchev–Trinajstić information content (AvgIpc) is 3.12. The van der Waals surface area contributed by atoms with Gasteiger partial charge in [0.15, 0.2) is 0 Å². The molecule has 8 rings (SSSR count). The monoisotopic (exact) mass is 720 g/mol. The van der Waals surface area contributed by atoms with E-state index in [9.17, 15) is 9.59 Å². The Balaban J connectivity index is 0.000000164. The maximum Gasteiger partial charge on any atom is 0.311 e. The van der Waals surface area contributed by atoms with Crippen LogP contribution in [0.5, 0.6) is 11.5 Å². The van der Waals surface area contributed by atoms with Gasteiger partial charge in [0.2, 0.25) is 0 Å². The lowest BCUT2D eigenvalue weighted by atomic mass is 9.89. The van der Waals surface area contributed by atoms with Crippen molar-refractivity contribution in [2.24, 2.45) is 23.7 Å². The quantitative estimate of drug-likeness (QED) is 0.163. The van der Waals surface area contributed by atoms with Crippen LogP contribution in [0.1, 0.15) is 76.3 Å². The molecule has 0 atom stereocenters. The topological polar surface area (TPSA) is 88.5 Å². The first-order valence-electron chi connectivity index (χ1n) is 19.8. The number of likely N-dealkylation sites (tertiary alicyclic amines) is 2. The minimum Gasteiger partial charge on any atom is -0.490 e. The number of carbonyl (C=O) groups excluding carboxylic acids is 1. The van der Waals surface area contributed by atoms with Crippen LogP contribution < -0.4 is 9.47 Å². The van der Waals surface area contributed by atoms with E-state index >= 15 is 0 Å². The average molecular weight is 721 g/mol. The molecule has 0 bridgehead atoms. The first kappa shape index (κ1) is 37.2. The summed E-state index contributed by atoms with van der Waals surface area (Å²) < 4.78 is 17.2. The molecule has 2 heterocycles. The van der Waals surface area contributed by atoms with E-state index in [0.29, 0.717) is 25.3 Å². The second-order valence-corrected chi connectivity index (χ2v) is 16.3. The number of carboxylic acid groups (broad SMARTS) is 1. The lowest BCUT2D eigenvalue weighted by Crippen LogP contribution is -2.49. The van der Waals surface area contributed by atoms with Gasteiger partial charge < -0.3 is 19.3 Å². The molecule has 2 saturated carbocycles. The third kappa shape index (κ3) is 9.70. The summed E-state index contributed by atoms with van der Waals surface area (Å²) in [6.45, 7) is 9.24. The summed E-state index contributed by atoms with van der Waals surface area (Å²) in [6.07, 6.45) is 10.5. The molecule has 4 fully saturated rings. The van der Waals surface area contributed by atoms with E-state index in [1.165, 1.54) is 78.3 Å². The van der Waals surface area contributed by atoms with Crippen LogP contribution in [0.2, 0.25) is 0 Å². The summed E-state index contributed by atoms with van der Waals surface area (Å²) in [5.74, 6) is 2.70. The summed E-state index contributed by atoms with van der Waals surface area (Å²) in [7, 11) is 1.46. The van der Waals surface area contributed by atoms with Gasteiger partial charge >= 0.3 is 11.9 Å². The fourth-order valence-electron chi connectivity index (χ4n) is 8.36. The zero-order valence-corrected chi connectivity index (χ0v) is 31.7. The van der Waals surface area contributed by atoms with E-state index in [2.05, 4.69) is 96.4 Å². The predicted molar refractivity (Wildman–Crippen MR) is 209 cm³/mol. The fourth-order valence-corrected chi connectivity index (χ4v) is 8.36. The molecule has 0 radical (unpaired) electrons. The molecule has 2 aliphatic carbocycles. The summed E-state index contributed by atoms with van der Waals surface area (Å²) in [5, 5.41) is 13.8. The third-order valence-corrected chi connectivity index (χ3v) is 11.9. The van der Waals surface area contributed by atoms with Crippen molar-refractivity contribution in [1.29, 1.82) is 0 Å². The van der Waals surface area contributed by atoms with Crippen LogP contribution in [0.3, 0.4) is 0 Å². The number of aliphatic carboxylic acids is 1. The van der Waals surface area contributed by atoms with Crippen LogP contribution in [-0.2, 0) is 27.4 Å². The van der Waals surface area contributed by atoms with Crippen molar-refractivity contribution < 1.29 is 28.9 Å². The number of fused-ring (bicyclic) bond motifs is 2. The van der Waals surface area contributed by atoms with E-state index in [4.69, 9.17) is 19.3 Å². The zero-order chi connectivity index (χ0) is 36.9. The number of rotatable bonds is 10. The predicted octanol–water partition coefficient (Wildman–Crippen LogP) is 8.72. The molecule has 8 nitrogen and oxygen atoms in total. The molecule has 4 aromatic carbocycles. The number of esters is 1. The van der Waals surface area contributed by atoms with Crippen molar-refractivity contribution in [3.63, 3.8) is 0 Å². The van der Waals surface area contributed by atoms with Gasteiger partial charge in [0.1, 0.15) is 11.5 Å². The van der Waals surface area contributed by atoms with E-state index in [-0.39, 0.29) is 17.8 Å². The van der Waals surface area contributed by atoms with Crippen LogP contribution >= 0.6 is 0 Å². The van der Waals surface area contributed by atoms with Gasteiger partial charge in [-0.2, -0.15) is 0 Å². The van der Waals surface area contributed by atoms with Gasteiger partial charge in [0.25, 0.3) is 0 Å². The Labute approximate surface area is 314 Å². The number of benzene rings is 4. The molecule has 1 N–H and O–H groups in total. The number of nitrogens with zero attached hydrogens (tertiary/aromatic N) is 2. The van der Waals surface area contributed by atoms with Crippen molar-refractivity contribution >= 4 is 33.5 Å². The van der Waals surface area contributed by atoms with E-state index in [1.54, 1.807) is 0 Å². The van der Waals surface area contributed by atoms with Crippen LogP contribution in [0.4, 0.5) is 0 Å². The first-order valence-corrected chi connectivity index (χ1v) is 19.8. The molecular weight excluding hydrogens is 665 g/mol. The Hall–Kier alpha value is -4.14. The highest BCUT2D eigenvalue weighted by Gasteiger charge is 2.33. The third-order valence-electron chi connectivity index (χ3n) is 11.9. The Morgan fingerprint density at radius 1 is 0.585 bits per heavy atom. The second kappa shape index (κ2) is 16.9. The summed E-state index contributed by atoms with van der Waals surface area (Å²) >= 11 is 0. The standard InChI is InChI=1S/C23H29NO3.C22H27NO3/c1-16-3-8-21(9-4-16)27-22-10-7-18-11-17(5-6-19(18)12-22)13-24-14-20(15-24)23(25)26-2;1-15-2-7-20(8-3-15)26-21-9-6-17-10-16(4-5-18(17)11-21)12-23-13-19(14-23)22(24)25/h5-7,10-12,16,20-21H,3-4,8-9,13-15H2,1-2H3;4-6,9-11,15,19-20H,2-3,7-8,12-14H2,1H3,(H,24,25). The largest absolute Gasteiger partial charge is 0.490 e. The molecule has 0 unspecified atom stereocenters. The Morgan fingerprint density at radius 3 is 1.40 bits per heavy atom. The lowest BCUT2D eigenvalue weighted by molar-refractivity contribution is -0.151. The highest BCUT2D eigenvalue weighted by atomic mass is 16.5. The van der Waals surface area contributed by atoms with E-state index in [0.717, 1.165) is 62.4 Å². The smallest absolute Gasteiger partial charge is 0.311 e. The van der Waals surface area contributed by atoms with Gasteiger partial charge in [-0.15, -0.1) is 0 Å². The summed E-state index contributed by atoms with van der Waals surface area (Å²) in [4.78, 5) is 26.9. The number of carbonyl (C=O) groups is 2. The number of methoxy groups -OCH3 is 1. The number of hydrogen-bond donors (Lipinski definition) is 1. The molecule has 4 aliphatic rings. The van der Waals surface area contributed by atoms with Gasteiger partial charge in [-0.1, -0.05) is 50.2 Å². The zero-order valence-electron chi connectivity index (χ0n) is 31.7. The van der Waals surface area contributed by atoms with E-state index in [1.807, 2.05) is 0 Å². The first-order chi connectivity index (χ1) is 25.7. The van der Waals surface area contributed by atoms with Gasteiger partial charge in [0, 0.05) is 39.3 Å². The number of ether oxygens (including phenoxy) is 3. The van der Waals surface area contributed by atoms with Gasteiger partial charge in [-0.25, -0.2) is 0 Å².